The molecule has 0 spiro atoms. The lowest BCUT2D eigenvalue weighted by Gasteiger charge is -2.32. The average molecular weight is 631 g/mol. The molecule has 12 heteroatoms. The number of hydrogen-bond donors (Lipinski definition) is 1. The molecule has 1 N–H and O–H groups in total. The van der Waals surface area contributed by atoms with Crippen LogP contribution in [0.25, 0.3) is 5.69 Å². The van der Waals surface area contributed by atoms with E-state index in [1.54, 1.807) is 36.5 Å². The van der Waals surface area contributed by atoms with Crippen molar-refractivity contribution in [3.8, 4) is 5.69 Å². The number of sulfonamides is 1. The second kappa shape index (κ2) is 11.0. The highest BCUT2D eigenvalue weighted by Gasteiger charge is 2.38. The maximum absolute atomic E-state index is 14.0. The number of fused-ring (bicyclic) bond motifs is 1. The molecule has 1 atom stereocenters. The smallest absolute Gasteiger partial charge is 0.295 e. The Hall–Kier alpha value is -3.22. The second-order valence-corrected chi connectivity index (χ2v) is 13.0. The first-order chi connectivity index (χ1) is 19.0. The van der Waals surface area contributed by atoms with Crippen LogP contribution in [0.4, 0.5) is 11.4 Å². The van der Waals surface area contributed by atoms with Crippen LogP contribution >= 0.6 is 15.9 Å². The average Bonchev–Trinajstić information content (AvgIpc) is 3.46. The van der Waals surface area contributed by atoms with Gasteiger partial charge in [-0.25, -0.2) is 13.1 Å². The van der Waals surface area contributed by atoms with Crippen LogP contribution in [0.15, 0.2) is 56.6 Å². The summed E-state index contributed by atoms with van der Waals surface area (Å²) in [6.07, 6.45) is 1.83. The Balaban J connectivity index is 1.41. The quantitative estimate of drug-likeness (QED) is 0.448. The Labute approximate surface area is 241 Å². The van der Waals surface area contributed by atoms with Crippen LogP contribution in [0.5, 0.6) is 0 Å². The first-order valence-electron chi connectivity index (χ1n) is 13.3. The van der Waals surface area contributed by atoms with Crippen molar-refractivity contribution in [1.29, 1.82) is 0 Å². The van der Waals surface area contributed by atoms with Crippen molar-refractivity contribution >= 4 is 49.1 Å². The summed E-state index contributed by atoms with van der Waals surface area (Å²) in [6.45, 7) is 4.19. The van der Waals surface area contributed by atoms with Crippen molar-refractivity contribution in [1.82, 2.24) is 13.7 Å². The van der Waals surface area contributed by atoms with Gasteiger partial charge in [-0.2, -0.15) is 4.31 Å². The van der Waals surface area contributed by atoms with Crippen LogP contribution < -0.4 is 15.8 Å². The van der Waals surface area contributed by atoms with Crippen molar-refractivity contribution in [3.05, 3.63) is 68.5 Å². The predicted molar refractivity (Wildman–Crippen MR) is 156 cm³/mol. The predicted octanol–water partition coefficient (Wildman–Crippen LogP) is 3.59. The molecule has 1 fully saturated rings. The maximum atomic E-state index is 14.0. The molecule has 0 saturated carbocycles. The van der Waals surface area contributed by atoms with Gasteiger partial charge in [0.25, 0.3) is 5.56 Å². The third kappa shape index (κ3) is 4.92. The number of hydrogen-bond acceptors (Lipinski definition) is 5. The number of para-hydroxylation sites is 1. The summed E-state index contributed by atoms with van der Waals surface area (Å²) < 4.78 is 33.1. The van der Waals surface area contributed by atoms with Gasteiger partial charge in [0.1, 0.15) is 10.6 Å². The lowest BCUT2D eigenvalue weighted by Crippen LogP contribution is -2.44. The molecule has 2 aliphatic heterocycles. The molecule has 3 aromatic rings. The number of anilines is 2. The molecule has 1 unspecified atom stereocenters. The number of rotatable bonds is 6. The maximum Gasteiger partial charge on any atom is 0.295 e. The number of carbonyl (C=O) groups excluding carboxylic acids is 2. The Kier molecular flexibility index (Phi) is 7.77. The fourth-order valence-electron chi connectivity index (χ4n) is 5.56. The van der Waals surface area contributed by atoms with Crippen LogP contribution in [0.2, 0.25) is 0 Å². The molecule has 3 heterocycles. The van der Waals surface area contributed by atoms with Gasteiger partial charge in [-0.3, -0.25) is 19.1 Å². The summed E-state index contributed by atoms with van der Waals surface area (Å²) in [5, 5.41) is 2.80. The van der Waals surface area contributed by atoms with Gasteiger partial charge in [0.15, 0.2) is 0 Å². The summed E-state index contributed by atoms with van der Waals surface area (Å²) in [6, 6.07) is 12.5. The topological polar surface area (TPSA) is 114 Å². The number of benzene rings is 2. The van der Waals surface area contributed by atoms with Gasteiger partial charge in [-0.05, 0) is 56.0 Å². The molecule has 10 nitrogen and oxygen atoms in total. The lowest BCUT2D eigenvalue weighted by molar-refractivity contribution is -0.121. The van der Waals surface area contributed by atoms with Gasteiger partial charge in [0.05, 0.1) is 23.0 Å². The minimum absolute atomic E-state index is 0.0179. The number of halogens is 1. The van der Waals surface area contributed by atoms with Crippen molar-refractivity contribution in [2.24, 2.45) is 13.0 Å². The molecule has 212 valence electrons. The summed E-state index contributed by atoms with van der Waals surface area (Å²) in [4.78, 5) is 40.9. The third-order valence-corrected chi connectivity index (χ3v) is 10.1. The van der Waals surface area contributed by atoms with E-state index >= 15 is 0 Å². The zero-order chi connectivity index (χ0) is 28.8. The van der Waals surface area contributed by atoms with E-state index in [0.29, 0.717) is 47.3 Å². The number of aromatic nitrogens is 2. The summed E-state index contributed by atoms with van der Waals surface area (Å²) in [5.74, 6) is -1.16. The van der Waals surface area contributed by atoms with E-state index in [2.05, 4.69) is 21.2 Å². The second-order valence-electron chi connectivity index (χ2n) is 10.2. The summed E-state index contributed by atoms with van der Waals surface area (Å²) >= 11 is 3.43. The standard InChI is InChI=1S/C28H32BrN5O5S/c1-4-24(35)33-14-12-19-15-21(29)16-23(26(19)33)40(38,39)32-13-8-9-20(17-32)27(36)30-25-18(2)31(3)34(28(25)37)22-10-6-5-7-11-22/h5-7,10-11,15-16,20H,4,8-9,12-14,17H2,1-3H3,(H,30,36). The van der Waals surface area contributed by atoms with Crippen LogP contribution in [-0.4, -0.2) is 53.5 Å². The highest BCUT2D eigenvalue weighted by atomic mass is 79.9. The van der Waals surface area contributed by atoms with Crippen LogP contribution in [0.3, 0.4) is 0 Å². The molecular weight excluding hydrogens is 598 g/mol. The monoisotopic (exact) mass is 629 g/mol. The van der Waals surface area contributed by atoms with Gasteiger partial charge in [0, 0.05) is 37.6 Å². The van der Waals surface area contributed by atoms with E-state index in [1.165, 1.54) is 8.99 Å². The SMILES string of the molecule is CCC(=O)N1CCc2cc(Br)cc(S(=O)(=O)N3CCCC(C(=O)Nc4c(C)n(C)n(-c5ccccc5)c4=O)C3)c21. The van der Waals surface area contributed by atoms with E-state index in [9.17, 15) is 22.8 Å². The van der Waals surface area contributed by atoms with E-state index in [4.69, 9.17) is 0 Å². The number of nitrogens with zero attached hydrogens (tertiary/aromatic N) is 4. The van der Waals surface area contributed by atoms with Crippen molar-refractivity contribution < 1.29 is 18.0 Å². The highest BCUT2D eigenvalue weighted by molar-refractivity contribution is 9.10. The lowest BCUT2D eigenvalue weighted by atomic mass is 9.99. The summed E-state index contributed by atoms with van der Waals surface area (Å²) in [7, 11) is -2.27. The number of carbonyl (C=O) groups is 2. The molecular formula is C28H32BrN5O5S. The summed E-state index contributed by atoms with van der Waals surface area (Å²) in [5.41, 5.74) is 2.32. The Morgan fingerprint density at radius 2 is 1.85 bits per heavy atom. The number of piperidine rings is 1. The fourth-order valence-corrected chi connectivity index (χ4v) is 8.00. The molecule has 2 aromatic carbocycles. The van der Waals surface area contributed by atoms with Gasteiger partial charge < -0.3 is 10.2 Å². The zero-order valence-electron chi connectivity index (χ0n) is 22.7. The Morgan fingerprint density at radius 1 is 1.12 bits per heavy atom. The van der Waals surface area contributed by atoms with Crippen molar-refractivity contribution in [3.63, 3.8) is 0 Å². The van der Waals surface area contributed by atoms with Crippen LogP contribution in [0.1, 0.15) is 37.4 Å². The fraction of sp³-hybridized carbons (Fsp3) is 0.393. The van der Waals surface area contributed by atoms with Crippen LogP contribution in [-0.2, 0) is 33.1 Å². The van der Waals surface area contributed by atoms with Gasteiger partial charge in [-0.1, -0.05) is 41.1 Å². The van der Waals surface area contributed by atoms with Crippen LogP contribution in [0, 0.1) is 12.8 Å². The molecule has 5 rings (SSSR count). The van der Waals surface area contributed by atoms with Crippen molar-refractivity contribution in [2.45, 2.75) is 44.4 Å². The zero-order valence-corrected chi connectivity index (χ0v) is 25.1. The minimum atomic E-state index is -4.02. The van der Waals surface area contributed by atoms with E-state index < -0.39 is 21.8 Å². The molecule has 2 aliphatic rings. The highest BCUT2D eigenvalue weighted by Crippen LogP contribution is 2.40. The van der Waals surface area contributed by atoms with E-state index in [1.807, 2.05) is 36.4 Å². The largest absolute Gasteiger partial charge is 0.320 e. The Morgan fingerprint density at radius 3 is 2.55 bits per heavy atom. The molecule has 40 heavy (non-hydrogen) atoms. The molecule has 0 aliphatic carbocycles. The first kappa shape index (κ1) is 28.3. The van der Waals surface area contributed by atoms with Gasteiger partial charge >= 0.3 is 0 Å². The molecule has 0 bridgehead atoms. The normalized spacial score (nSPS) is 17.6. The first-order valence-corrected chi connectivity index (χ1v) is 15.6. The minimum Gasteiger partial charge on any atom is -0.320 e. The van der Waals surface area contributed by atoms with Gasteiger partial charge in [-0.15, -0.1) is 0 Å². The number of nitrogens with one attached hydrogen (secondary N) is 1. The molecule has 1 aromatic heterocycles. The van der Waals surface area contributed by atoms with E-state index in [0.717, 1.165) is 5.56 Å². The van der Waals surface area contributed by atoms with Gasteiger partial charge in [0.2, 0.25) is 21.8 Å². The molecule has 2 amide bonds. The number of amides is 2. The Bertz CT molecular complexity index is 1650. The van der Waals surface area contributed by atoms with Crippen molar-refractivity contribution in [2.75, 3.05) is 29.9 Å². The molecule has 1 saturated heterocycles. The van der Waals surface area contributed by atoms with E-state index in [-0.39, 0.29) is 41.6 Å². The molecule has 0 radical (unpaired) electrons. The third-order valence-electron chi connectivity index (χ3n) is 7.77.